The quantitative estimate of drug-likeness (QED) is 0.514. The van der Waals surface area contributed by atoms with Crippen LogP contribution < -0.4 is 0 Å². The Balaban J connectivity index is 0.000000196. The minimum absolute atomic E-state index is 1.00. The maximum Gasteiger partial charge on any atom is 0.435 e. The minimum Gasteiger partial charge on any atom is -0.381 e. The summed E-state index contributed by atoms with van der Waals surface area (Å²) in [5, 5.41) is 0. The zero-order chi connectivity index (χ0) is 11.6. The van der Waals surface area contributed by atoms with E-state index in [9.17, 15) is 3.89 Å². The van der Waals surface area contributed by atoms with Crippen LogP contribution in [0.2, 0.25) is 0 Å². The van der Waals surface area contributed by atoms with Gasteiger partial charge in [-0.3, -0.25) is 4.55 Å². The van der Waals surface area contributed by atoms with Gasteiger partial charge in [0, 0.05) is 26.4 Å². The second-order valence-electron chi connectivity index (χ2n) is 3.05. The third kappa shape index (κ3) is 20.0. The van der Waals surface area contributed by atoms with Crippen molar-refractivity contribution in [1.82, 2.24) is 0 Å². The van der Waals surface area contributed by atoms with Gasteiger partial charge in [-0.2, -0.15) is 8.42 Å². The van der Waals surface area contributed by atoms with Crippen LogP contribution in [0.4, 0.5) is 3.89 Å². The zero-order valence-electron chi connectivity index (χ0n) is 8.52. The van der Waals surface area contributed by atoms with Gasteiger partial charge < -0.3 is 9.47 Å². The summed E-state index contributed by atoms with van der Waals surface area (Å²) in [7, 11) is -5.17. The second kappa shape index (κ2) is 9.02. The molecule has 2 saturated heterocycles. The van der Waals surface area contributed by atoms with Crippen LogP contribution in [-0.2, 0) is 20.0 Å². The monoisotopic (exact) mass is 244 g/mol. The Bertz CT molecular complexity index is 188. The molecule has 0 saturated carbocycles. The van der Waals surface area contributed by atoms with Gasteiger partial charge in [0.25, 0.3) is 0 Å². The highest BCUT2D eigenvalue weighted by Crippen LogP contribution is 1.98. The van der Waals surface area contributed by atoms with E-state index >= 15 is 0 Å². The van der Waals surface area contributed by atoms with E-state index in [2.05, 4.69) is 0 Å². The first-order valence-electron chi connectivity index (χ1n) is 4.82. The Kier molecular flexibility index (Phi) is 8.88. The molecule has 0 spiro atoms. The summed E-state index contributed by atoms with van der Waals surface area (Å²) in [6, 6.07) is 0. The molecule has 2 rings (SSSR count). The molecule has 0 radical (unpaired) electrons. The van der Waals surface area contributed by atoms with Crippen LogP contribution in [0.1, 0.15) is 25.7 Å². The molecule has 2 aliphatic rings. The van der Waals surface area contributed by atoms with Gasteiger partial charge in [0.1, 0.15) is 0 Å². The van der Waals surface area contributed by atoms with Gasteiger partial charge in [-0.15, -0.1) is 0 Å². The summed E-state index contributed by atoms with van der Waals surface area (Å²) in [5.74, 6) is 0. The van der Waals surface area contributed by atoms with E-state index in [1.165, 1.54) is 25.7 Å². The van der Waals surface area contributed by atoms with Crippen molar-refractivity contribution in [3.8, 4) is 0 Å². The molecular weight excluding hydrogens is 227 g/mol. The van der Waals surface area contributed by atoms with Gasteiger partial charge in [-0.25, -0.2) is 0 Å². The van der Waals surface area contributed by atoms with Crippen molar-refractivity contribution in [2.24, 2.45) is 0 Å². The maximum atomic E-state index is 10.2. The first-order chi connectivity index (χ1) is 7.00. The van der Waals surface area contributed by atoms with Gasteiger partial charge in [-0.1, -0.05) is 3.89 Å². The molecule has 0 aromatic heterocycles. The largest absolute Gasteiger partial charge is 0.435 e. The van der Waals surface area contributed by atoms with E-state index in [4.69, 9.17) is 22.4 Å². The van der Waals surface area contributed by atoms with Gasteiger partial charge in [0.15, 0.2) is 0 Å². The van der Waals surface area contributed by atoms with Crippen LogP contribution in [0.15, 0.2) is 0 Å². The van der Waals surface area contributed by atoms with Crippen LogP contribution in [-0.4, -0.2) is 39.4 Å². The molecule has 0 amide bonds. The van der Waals surface area contributed by atoms with Crippen LogP contribution >= 0.6 is 0 Å². The van der Waals surface area contributed by atoms with Crippen LogP contribution in [0.5, 0.6) is 0 Å². The molecule has 2 aliphatic heterocycles. The Hall–Kier alpha value is -0.240. The van der Waals surface area contributed by atoms with E-state index < -0.39 is 10.5 Å². The molecule has 0 aromatic rings. The number of ether oxygens (including phenoxy) is 2. The SMILES string of the molecule is C1CCOC1.C1CCOC1.O=S(=O)(O)F. The highest BCUT2D eigenvalue weighted by molar-refractivity contribution is 7.80. The first kappa shape index (κ1) is 14.8. The summed E-state index contributed by atoms with van der Waals surface area (Å²) >= 11 is 0. The van der Waals surface area contributed by atoms with Gasteiger partial charge in [0.05, 0.1) is 0 Å². The number of hydrogen-bond acceptors (Lipinski definition) is 4. The van der Waals surface area contributed by atoms with Crippen molar-refractivity contribution in [1.29, 1.82) is 0 Å². The molecule has 7 heteroatoms. The van der Waals surface area contributed by atoms with E-state index in [1.807, 2.05) is 0 Å². The standard InChI is InChI=1S/2C4H8O.FHO3S/c2*1-2-4-5-3-1;1-5(2,3)4/h2*1-4H2;(H,2,3,4). The molecule has 92 valence electrons. The molecule has 2 fully saturated rings. The van der Waals surface area contributed by atoms with Crippen molar-refractivity contribution in [2.75, 3.05) is 26.4 Å². The van der Waals surface area contributed by atoms with Gasteiger partial charge in [-0.05, 0) is 25.7 Å². The Morgan fingerprint density at radius 2 is 1.07 bits per heavy atom. The van der Waals surface area contributed by atoms with Crippen LogP contribution in [0.25, 0.3) is 0 Å². The first-order valence-corrected chi connectivity index (χ1v) is 6.17. The van der Waals surface area contributed by atoms with Crippen molar-refractivity contribution in [3.63, 3.8) is 0 Å². The summed E-state index contributed by atoms with van der Waals surface area (Å²) in [6.45, 7) is 4.00. The third-order valence-corrected chi connectivity index (χ3v) is 1.65. The van der Waals surface area contributed by atoms with E-state index in [-0.39, 0.29) is 0 Å². The van der Waals surface area contributed by atoms with E-state index in [0.717, 1.165) is 26.4 Å². The normalized spacial score (nSPS) is 19.9. The molecule has 0 atom stereocenters. The zero-order valence-corrected chi connectivity index (χ0v) is 9.34. The summed E-state index contributed by atoms with van der Waals surface area (Å²) in [6.07, 6.45) is 5.11. The molecule has 0 bridgehead atoms. The fourth-order valence-corrected chi connectivity index (χ4v) is 1.02. The molecule has 1 N–H and O–H groups in total. The smallest absolute Gasteiger partial charge is 0.381 e. The number of halogens is 1. The minimum atomic E-state index is -5.17. The van der Waals surface area contributed by atoms with Crippen LogP contribution in [0, 0.1) is 0 Å². The predicted octanol–water partition coefficient (Wildman–Crippen LogP) is 1.35. The fraction of sp³-hybridized carbons (Fsp3) is 1.00. The topological polar surface area (TPSA) is 72.8 Å². The lowest BCUT2D eigenvalue weighted by atomic mass is 10.4. The third-order valence-electron chi connectivity index (χ3n) is 1.65. The highest BCUT2D eigenvalue weighted by atomic mass is 32.3. The fourth-order valence-electron chi connectivity index (χ4n) is 1.02. The van der Waals surface area contributed by atoms with Crippen molar-refractivity contribution < 1.29 is 26.3 Å². The molecule has 2 heterocycles. The molecule has 0 unspecified atom stereocenters. The lowest BCUT2D eigenvalue weighted by Crippen LogP contribution is -1.80. The van der Waals surface area contributed by atoms with Gasteiger partial charge >= 0.3 is 10.5 Å². The lowest BCUT2D eigenvalue weighted by Gasteiger charge is -1.76. The Labute approximate surface area is 89.6 Å². The van der Waals surface area contributed by atoms with Crippen LogP contribution in [0.3, 0.4) is 0 Å². The summed E-state index contributed by atoms with van der Waals surface area (Å²) in [4.78, 5) is 0. The Morgan fingerprint density at radius 1 is 0.867 bits per heavy atom. The van der Waals surface area contributed by atoms with Crippen molar-refractivity contribution in [2.45, 2.75) is 25.7 Å². The molecule has 0 aliphatic carbocycles. The highest BCUT2D eigenvalue weighted by Gasteiger charge is 1.95. The molecule has 15 heavy (non-hydrogen) atoms. The van der Waals surface area contributed by atoms with E-state index in [1.54, 1.807) is 0 Å². The molecule has 0 aromatic carbocycles. The molecule has 5 nitrogen and oxygen atoms in total. The summed E-state index contributed by atoms with van der Waals surface area (Å²) < 4.78 is 44.0. The van der Waals surface area contributed by atoms with E-state index in [0.29, 0.717) is 0 Å². The van der Waals surface area contributed by atoms with Gasteiger partial charge in [0.2, 0.25) is 0 Å². The average Bonchev–Trinajstić information content (AvgIpc) is 2.81. The number of hydrogen-bond donors (Lipinski definition) is 1. The average molecular weight is 244 g/mol. The maximum absolute atomic E-state index is 10.2. The molecular formula is C8H17FO5S. The second-order valence-corrected chi connectivity index (χ2v) is 3.88. The Morgan fingerprint density at radius 3 is 1.13 bits per heavy atom. The summed E-state index contributed by atoms with van der Waals surface area (Å²) in [5.41, 5.74) is 0. The predicted molar refractivity (Wildman–Crippen MR) is 52.8 cm³/mol. The number of rotatable bonds is 0. The van der Waals surface area contributed by atoms with Crippen molar-refractivity contribution >= 4 is 10.5 Å². The lowest BCUT2D eigenvalue weighted by molar-refractivity contribution is 0.198. The van der Waals surface area contributed by atoms with Crippen molar-refractivity contribution in [3.05, 3.63) is 0 Å².